The number of fused-ring (bicyclic) bond motifs is 1. The van der Waals surface area contributed by atoms with E-state index in [1.54, 1.807) is 6.92 Å². The molecule has 0 aromatic carbocycles. The maximum absolute atomic E-state index is 11.5. The molecule has 2 fully saturated rings. The Bertz CT molecular complexity index is 305. The van der Waals surface area contributed by atoms with Crippen molar-refractivity contribution in [1.29, 1.82) is 0 Å². The molecule has 3 atom stereocenters. The van der Waals surface area contributed by atoms with Crippen molar-refractivity contribution in [3.05, 3.63) is 24.8 Å². The Balaban J connectivity index is 2.10. The van der Waals surface area contributed by atoms with Crippen LogP contribution < -0.4 is 0 Å². The van der Waals surface area contributed by atoms with E-state index in [1.165, 1.54) is 12.8 Å². The van der Waals surface area contributed by atoms with Crippen molar-refractivity contribution in [2.24, 2.45) is 11.8 Å². The first-order valence-electron chi connectivity index (χ1n) is 5.11. The molecule has 2 heteroatoms. The van der Waals surface area contributed by atoms with Gasteiger partial charge in [-0.2, -0.15) is 0 Å². The third kappa shape index (κ3) is 1.29. The SMILES string of the molecule is C=CC1(OC(=O)C(=C)C)CCC2CC21. The van der Waals surface area contributed by atoms with Crippen LogP contribution in [0.25, 0.3) is 0 Å². The molecule has 2 saturated carbocycles. The van der Waals surface area contributed by atoms with Gasteiger partial charge in [0.25, 0.3) is 0 Å². The smallest absolute Gasteiger partial charge is 0.333 e. The van der Waals surface area contributed by atoms with Crippen LogP contribution in [0.15, 0.2) is 24.8 Å². The summed E-state index contributed by atoms with van der Waals surface area (Å²) in [6.45, 7) is 9.07. The molecule has 0 aliphatic heterocycles. The van der Waals surface area contributed by atoms with Gasteiger partial charge in [-0.15, -0.1) is 0 Å². The second kappa shape index (κ2) is 2.97. The number of esters is 1. The molecule has 0 saturated heterocycles. The van der Waals surface area contributed by atoms with E-state index in [2.05, 4.69) is 13.2 Å². The van der Waals surface area contributed by atoms with Crippen LogP contribution in [0.3, 0.4) is 0 Å². The first-order chi connectivity index (χ1) is 6.59. The summed E-state index contributed by atoms with van der Waals surface area (Å²) in [4.78, 5) is 11.5. The predicted molar refractivity (Wildman–Crippen MR) is 54.7 cm³/mol. The molecule has 0 aromatic heterocycles. The van der Waals surface area contributed by atoms with Crippen molar-refractivity contribution in [1.82, 2.24) is 0 Å². The molecule has 0 radical (unpaired) electrons. The summed E-state index contributed by atoms with van der Waals surface area (Å²) in [5.41, 5.74) is 0.0936. The van der Waals surface area contributed by atoms with E-state index in [4.69, 9.17) is 4.74 Å². The average molecular weight is 192 g/mol. The second-order valence-corrected chi connectivity index (χ2v) is 4.47. The van der Waals surface area contributed by atoms with Crippen LogP contribution in [0, 0.1) is 11.8 Å². The van der Waals surface area contributed by atoms with Crippen LogP contribution in [0.2, 0.25) is 0 Å². The Morgan fingerprint density at radius 1 is 1.64 bits per heavy atom. The third-order valence-electron chi connectivity index (χ3n) is 3.43. The Kier molecular flexibility index (Phi) is 2.02. The van der Waals surface area contributed by atoms with E-state index in [0.717, 1.165) is 12.3 Å². The molecule has 0 spiro atoms. The number of ether oxygens (including phenoxy) is 1. The number of carbonyl (C=O) groups is 1. The van der Waals surface area contributed by atoms with E-state index in [-0.39, 0.29) is 11.6 Å². The normalized spacial score (nSPS) is 38.6. The minimum Gasteiger partial charge on any atom is -0.451 e. The minimum absolute atomic E-state index is 0.280. The van der Waals surface area contributed by atoms with Crippen LogP contribution in [0.4, 0.5) is 0 Å². The largest absolute Gasteiger partial charge is 0.451 e. The highest BCUT2D eigenvalue weighted by Gasteiger charge is 2.58. The average Bonchev–Trinajstić information content (AvgIpc) is 2.86. The topological polar surface area (TPSA) is 26.3 Å². The van der Waals surface area contributed by atoms with Gasteiger partial charge in [0.15, 0.2) is 0 Å². The van der Waals surface area contributed by atoms with E-state index in [1.807, 2.05) is 6.08 Å². The summed E-state index contributed by atoms with van der Waals surface area (Å²) in [5, 5.41) is 0. The van der Waals surface area contributed by atoms with Gasteiger partial charge < -0.3 is 4.74 Å². The zero-order chi connectivity index (χ0) is 10.3. The molecule has 0 heterocycles. The lowest BCUT2D eigenvalue weighted by molar-refractivity contribution is -0.151. The van der Waals surface area contributed by atoms with Gasteiger partial charge in [0.1, 0.15) is 5.60 Å². The maximum Gasteiger partial charge on any atom is 0.333 e. The number of carbonyl (C=O) groups excluding carboxylic acids is 1. The van der Waals surface area contributed by atoms with Gasteiger partial charge >= 0.3 is 5.97 Å². The molecule has 76 valence electrons. The summed E-state index contributed by atoms with van der Waals surface area (Å²) in [5.74, 6) is 1.02. The number of rotatable bonds is 3. The summed E-state index contributed by atoms with van der Waals surface area (Å²) >= 11 is 0. The van der Waals surface area contributed by atoms with Crippen LogP contribution in [0.1, 0.15) is 26.2 Å². The first kappa shape index (κ1) is 9.50. The standard InChI is InChI=1S/C12H16O2/c1-4-12(14-11(13)8(2)3)6-5-9-7-10(9)12/h4,9-10H,1-2,5-7H2,3H3. The summed E-state index contributed by atoms with van der Waals surface area (Å²) in [6.07, 6.45) is 5.10. The lowest BCUT2D eigenvalue weighted by atomic mass is 9.97. The zero-order valence-corrected chi connectivity index (χ0v) is 8.58. The lowest BCUT2D eigenvalue weighted by Gasteiger charge is -2.27. The van der Waals surface area contributed by atoms with Crippen molar-refractivity contribution in [3.8, 4) is 0 Å². The van der Waals surface area contributed by atoms with Crippen molar-refractivity contribution in [2.75, 3.05) is 0 Å². The minimum atomic E-state index is -0.374. The Labute approximate surface area is 84.6 Å². The van der Waals surface area contributed by atoms with Gasteiger partial charge in [-0.05, 0) is 38.2 Å². The van der Waals surface area contributed by atoms with Gasteiger partial charge in [0.2, 0.25) is 0 Å². The van der Waals surface area contributed by atoms with E-state index >= 15 is 0 Å². The highest BCUT2D eigenvalue weighted by Crippen LogP contribution is 2.59. The van der Waals surface area contributed by atoms with Gasteiger partial charge in [-0.25, -0.2) is 4.79 Å². The molecular formula is C12H16O2. The summed E-state index contributed by atoms with van der Waals surface area (Å²) in [7, 11) is 0. The highest BCUT2D eigenvalue weighted by molar-refractivity contribution is 5.87. The molecular weight excluding hydrogens is 176 g/mol. The van der Waals surface area contributed by atoms with Crippen molar-refractivity contribution in [2.45, 2.75) is 31.8 Å². The summed E-state index contributed by atoms with van der Waals surface area (Å²) in [6, 6.07) is 0. The number of hydrogen-bond acceptors (Lipinski definition) is 2. The monoisotopic (exact) mass is 192 g/mol. The molecule has 0 aromatic rings. The molecule has 2 rings (SSSR count). The molecule has 0 N–H and O–H groups in total. The van der Waals surface area contributed by atoms with Gasteiger partial charge in [-0.3, -0.25) is 0 Å². The third-order valence-corrected chi connectivity index (χ3v) is 3.43. The lowest BCUT2D eigenvalue weighted by Crippen LogP contribution is -2.33. The molecule has 3 unspecified atom stereocenters. The van der Waals surface area contributed by atoms with Crippen LogP contribution in [-0.4, -0.2) is 11.6 Å². The summed E-state index contributed by atoms with van der Waals surface area (Å²) < 4.78 is 5.51. The number of hydrogen-bond donors (Lipinski definition) is 0. The van der Waals surface area contributed by atoms with Crippen molar-refractivity contribution >= 4 is 5.97 Å². The second-order valence-electron chi connectivity index (χ2n) is 4.47. The molecule has 2 aliphatic carbocycles. The van der Waals surface area contributed by atoms with Crippen molar-refractivity contribution < 1.29 is 9.53 Å². The maximum atomic E-state index is 11.5. The van der Waals surface area contributed by atoms with Gasteiger partial charge in [-0.1, -0.05) is 13.2 Å². The Hall–Kier alpha value is -1.05. The van der Waals surface area contributed by atoms with Gasteiger partial charge in [0, 0.05) is 11.5 Å². The fourth-order valence-corrected chi connectivity index (χ4v) is 2.44. The van der Waals surface area contributed by atoms with Crippen LogP contribution >= 0.6 is 0 Å². The van der Waals surface area contributed by atoms with Gasteiger partial charge in [0.05, 0.1) is 0 Å². The van der Waals surface area contributed by atoms with Crippen LogP contribution in [0.5, 0.6) is 0 Å². The van der Waals surface area contributed by atoms with Crippen LogP contribution in [-0.2, 0) is 9.53 Å². The fraction of sp³-hybridized carbons (Fsp3) is 0.583. The first-order valence-corrected chi connectivity index (χ1v) is 5.11. The van der Waals surface area contributed by atoms with Crippen molar-refractivity contribution in [3.63, 3.8) is 0 Å². The molecule has 0 amide bonds. The predicted octanol–water partition coefficient (Wildman–Crippen LogP) is 2.46. The molecule has 2 aliphatic rings. The molecule has 0 bridgehead atoms. The molecule has 2 nitrogen and oxygen atoms in total. The molecule has 14 heavy (non-hydrogen) atoms. The van der Waals surface area contributed by atoms with E-state index in [0.29, 0.717) is 11.5 Å². The fourth-order valence-electron chi connectivity index (χ4n) is 2.44. The Morgan fingerprint density at radius 2 is 2.36 bits per heavy atom. The zero-order valence-electron chi connectivity index (χ0n) is 8.58. The Morgan fingerprint density at radius 3 is 2.71 bits per heavy atom. The highest BCUT2D eigenvalue weighted by atomic mass is 16.6. The van der Waals surface area contributed by atoms with E-state index < -0.39 is 0 Å². The quantitative estimate of drug-likeness (QED) is 0.390. The van der Waals surface area contributed by atoms with E-state index in [9.17, 15) is 4.79 Å².